The van der Waals surface area contributed by atoms with Crippen LogP contribution >= 0.6 is 23.4 Å². The highest BCUT2D eigenvalue weighted by Crippen LogP contribution is 2.24. The van der Waals surface area contributed by atoms with Crippen molar-refractivity contribution in [3.63, 3.8) is 0 Å². The first-order chi connectivity index (χ1) is 14.8. The van der Waals surface area contributed by atoms with Gasteiger partial charge in [0.25, 0.3) is 5.56 Å². The van der Waals surface area contributed by atoms with Gasteiger partial charge in [-0.05, 0) is 79.9 Å². The number of hydrogen-bond donors (Lipinski definition) is 0. The monoisotopic (exact) mass is 448 g/mol. The van der Waals surface area contributed by atoms with Crippen molar-refractivity contribution in [2.45, 2.75) is 25.9 Å². The van der Waals surface area contributed by atoms with Gasteiger partial charge in [-0.2, -0.15) is 0 Å². The van der Waals surface area contributed by atoms with Gasteiger partial charge in [0, 0.05) is 10.6 Å². The van der Waals surface area contributed by atoms with Gasteiger partial charge in [0.1, 0.15) is 0 Å². The predicted octanol–water partition coefficient (Wildman–Crippen LogP) is 5.94. The van der Waals surface area contributed by atoms with Crippen molar-refractivity contribution >= 4 is 40.0 Å². The number of aryl methyl sites for hydroxylation is 3. The van der Waals surface area contributed by atoms with Gasteiger partial charge in [-0.25, -0.2) is 4.98 Å². The lowest BCUT2D eigenvalue weighted by Crippen LogP contribution is -2.22. The number of para-hydroxylation sites is 1. The van der Waals surface area contributed by atoms with Crippen molar-refractivity contribution < 1.29 is 4.79 Å². The van der Waals surface area contributed by atoms with Gasteiger partial charge in [0.15, 0.2) is 10.9 Å². The number of rotatable bonds is 5. The van der Waals surface area contributed by atoms with E-state index in [-0.39, 0.29) is 17.1 Å². The molecule has 4 aromatic rings. The van der Waals surface area contributed by atoms with Crippen LogP contribution in [0.2, 0.25) is 5.02 Å². The molecular formula is C25H21ClN2O2S. The number of thioether (sulfide) groups is 1. The smallest absolute Gasteiger partial charge is 0.266 e. The number of hydrogen-bond acceptors (Lipinski definition) is 4. The zero-order valence-electron chi connectivity index (χ0n) is 17.5. The number of aromatic nitrogens is 2. The third kappa shape index (κ3) is 4.29. The Bertz CT molecular complexity index is 1360. The Balaban J connectivity index is 1.75. The van der Waals surface area contributed by atoms with Gasteiger partial charge in [-0.3, -0.25) is 14.2 Å². The van der Waals surface area contributed by atoms with Gasteiger partial charge in [0.05, 0.1) is 22.3 Å². The quantitative estimate of drug-likeness (QED) is 0.215. The van der Waals surface area contributed by atoms with Crippen LogP contribution in [0.5, 0.6) is 0 Å². The molecule has 156 valence electrons. The van der Waals surface area contributed by atoms with E-state index in [9.17, 15) is 9.59 Å². The van der Waals surface area contributed by atoms with E-state index in [1.165, 1.54) is 11.8 Å². The lowest BCUT2D eigenvalue weighted by atomic mass is 9.99. The second-order valence-corrected chi connectivity index (χ2v) is 8.87. The van der Waals surface area contributed by atoms with E-state index in [0.29, 0.717) is 32.3 Å². The van der Waals surface area contributed by atoms with Gasteiger partial charge < -0.3 is 0 Å². The summed E-state index contributed by atoms with van der Waals surface area (Å²) in [5, 5.41) is 1.58. The summed E-state index contributed by atoms with van der Waals surface area (Å²) in [6.45, 7) is 5.99. The molecule has 4 nitrogen and oxygen atoms in total. The molecule has 0 aliphatic carbocycles. The molecule has 6 heteroatoms. The lowest BCUT2D eigenvalue weighted by molar-refractivity contribution is 0.102. The Hall–Kier alpha value is -2.89. The highest BCUT2D eigenvalue weighted by molar-refractivity contribution is 7.99. The average molecular weight is 449 g/mol. The molecule has 3 aromatic carbocycles. The topological polar surface area (TPSA) is 52.0 Å². The van der Waals surface area contributed by atoms with E-state index in [2.05, 4.69) is 0 Å². The molecule has 0 N–H and O–H groups in total. The summed E-state index contributed by atoms with van der Waals surface area (Å²) in [5.41, 5.74) is 4.99. The van der Waals surface area contributed by atoms with Crippen LogP contribution < -0.4 is 5.56 Å². The first-order valence-electron chi connectivity index (χ1n) is 9.87. The zero-order valence-corrected chi connectivity index (χ0v) is 19.1. The molecule has 0 bridgehead atoms. The number of halogens is 1. The molecule has 4 rings (SSSR count). The van der Waals surface area contributed by atoms with Gasteiger partial charge in [0.2, 0.25) is 0 Å². The first-order valence-corrected chi connectivity index (χ1v) is 11.2. The standard InChI is InChI=1S/C25H21ClN2O2S/c1-15-12-17(3)21(13-16(15)2)23(29)14-31-25-27-22-7-5-4-6-20(22)24(30)28(25)19-10-8-18(26)9-11-19/h4-13H,14H2,1-3H3. The maximum absolute atomic E-state index is 13.3. The number of carbonyl (C=O) groups excluding carboxylic acids is 1. The van der Waals surface area contributed by atoms with Crippen LogP contribution in [0, 0.1) is 20.8 Å². The van der Waals surface area contributed by atoms with Gasteiger partial charge in [-0.15, -0.1) is 0 Å². The van der Waals surface area contributed by atoms with Crippen molar-refractivity contribution in [3.8, 4) is 5.69 Å². The third-order valence-corrected chi connectivity index (χ3v) is 6.49. The number of fused-ring (bicyclic) bond motifs is 1. The van der Waals surface area contributed by atoms with Crippen molar-refractivity contribution in [3.05, 3.63) is 98.3 Å². The van der Waals surface area contributed by atoms with Crippen molar-refractivity contribution in [1.82, 2.24) is 9.55 Å². The summed E-state index contributed by atoms with van der Waals surface area (Å²) < 4.78 is 1.55. The van der Waals surface area contributed by atoms with Crippen LogP contribution in [0.1, 0.15) is 27.0 Å². The minimum Gasteiger partial charge on any atom is -0.293 e. The molecule has 0 spiro atoms. The fourth-order valence-electron chi connectivity index (χ4n) is 3.50. The number of benzene rings is 3. The first kappa shape index (κ1) is 21.3. The average Bonchev–Trinajstić information content (AvgIpc) is 2.75. The molecule has 0 fully saturated rings. The minimum atomic E-state index is -0.176. The molecule has 0 unspecified atom stereocenters. The maximum atomic E-state index is 13.3. The second kappa shape index (κ2) is 8.69. The Morgan fingerprint density at radius 3 is 2.39 bits per heavy atom. The summed E-state index contributed by atoms with van der Waals surface area (Å²) in [5.74, 6) is 0.192. The minimum absolute atomic E-state index is 0.00987. The summed E-state index contributed by atoms with van der Waals surface area (Å²) >= 11 is 7.30. The fraction of sp³-hybridized carbons (Fsp3) is 0.160. The molecule has 0 radical (unpaired) electrons. The van der Waals surface area contributed by atoms with E-state index in [1.807, 2.05) is 51.1 Å². The van der Waals surface area contributed by atoms with E-state index >= 15 is 0 Å². The number of carbonyl (C=O) groups is 1. The number of nitrogens with zero attached hydrogens (tertiary/aromatic N) is 2. The molecule has 0 atom stereocenters. The molecule has 31 heavy (non-hydrogen) atoms. The van der Waals surface area contributed by atoms with Crippen LogP contribution in [0.4, 0.5) is 0 Å². The van der Waals surface area contributed by atoms with E-state index in [4.69, 9.17) is 16.6 Å². The molecule has 0 aliphatic rings. The Kier molecular flexibility index (Phi) is 5.99. The van der Waals surface area contributed by atoms with Crippen LogP contribution in [0.3, 0.4) is 0 Å². The summed E-state index contributed by atoms with van der Waals surface area (Å²) in [4.78, 5) is 31.0. The summed E-state index contributed by atoms with van der Waals surface area (Å²) in [6.07, 6.45) is 0. The van der Waals surface area contributed by atoms with Crippen LogP contribution in [-0.2, 0) is 0 Å². The van der Waals surface area contributed by atoms with E-state index < -0.39 is 0 Å². The summed E-state index contributed by atoms with van der Waals surface area (Å²) in [6, 6.07) is 18.2. The predicted molar refractivity (Wildman–Crippen MR) is 128 cm³/mol. The fourth-order valence-corrected chi connectivity index (χ4v) is 4.52. The SMILES string of the molecule is Cc1cc(C)c(C(=O)CSc2nc3ccccc3c(=O)n2-c2ccc(Cl)cc2)cc1C. The number of Topliss-reactive ketones (excluding diaryl/α,β-unsaturated/α-hetero) is 1. The largest absolute Gasteiger partial charge is 0.293 e. The Morgan fingerprint density at radius 1 is 0.968 bits per heavy atom. The van der Waals surface area contributed by atoms with E-state index in [0.717, 1.165) is 16.7 Å². The molecule has 0 saturated heterocycles. The third-order valence-electron chi connectivity index (χ3n) is 5.30. The maximum Gasteiger partial charge on any atom is 0.266 e. The second-order valence-electron chi connectivity index (χ2n) is 7.49. The lowest BCUT2D eigenvalue weighted by Gasteiger charge is -2.14. The molecular weight excluding hydrogens is 428 g/mol. The van der Waals surface area contributed by atoms with Crippen LogP contribution in [0.25, 0.3) is 16.6 Å². The summed E-state index contributed by atoms with van der Waals surface area (Å²) in [7, 11) is 0. The highest BCUT2D eigenvalue weighted by atomic mass is 35.5. The van der Waals surface area contributed by atoms with E-state index in [1.54, 1.807) is 34.9 Å². The normalized spacial score (nSPS) is 11.1. The van der Waals surface area contributed by atoms with Crippen molar-refractivity contribution in [2.24, 2.45) is 0 Å². The van der Waals surface area contributed by atoms with Crippen molar-refractivity contribution in [2.75, 3.05) is 5.75 Å². The molecule has 1 heterocycles. The molecule has 0 amide bonds. The zero-order chi connectivity index (χ0) is 22.1. The highest BCUT2D eigenvalue weighted by Gasteiger charge is 2.17. The molecule has 0 saturated carbocycles. The molecule has 1 aromatic heterocycles. The van der Waals surface area contributed by atoms with Crippen molar-refractivity contribution in [1.29, 1.82) is 0 Å². The van der Waals surface area contributed by atoms with Crippen LogP contribution in [-0.4, -0.2) is 21.1 Å². The Morgan fingerprint density at radius 2 is 1.65 bits per heavy atom. The Labute approximate surface area is 189 Å². The van der Waals surface area contributed by atoms with Gasteiger partial charge >= 0.3 is 0 Å². The van der Waals surface area contributed by atoms with Crippen LogP contribution in [0.15, 0.2) is 70.6 Å². The molecule has 0 aliphatic heterocycles. The number of ketones is 1. The van der Waals surface area contributed by atoms with Gasteiger partial charge in [-0.1, -0.05) is 41.6 Å².